The molecule has 0 aromatic carbocycles. The fourth-order valence-electron chi connectivity index (χ4n) is 2.03. The molecule has 0 atom stereocenters. The van der Waals surface area contributed by atoms with Crippen LogP contribution in [0.2, 0.25) is 0 Å². The largest absolute Gasteiger partial charge is 0.330 e. The summed E-state index contributed by atoms with van der Waals surface area (Å²) in [4.78, 5) is 4.76. The molecule has 1 fully saturated rings. The summed E-state index contributed by atoms with van der Waals surface area (Å²) < 4.78 is 0. The summed E-state index contributed by atoms with van der Waals surface area (Å²) >= 11 is 3.75. The zero-order valence-corrected chi connectivity index (χ0v) is 11.7. The highest BCUT2D eigenvalue weighted by Crippen LogP contribution is 2.43. The van der Waals surface area contributed by atoms with Gasteiger partial charge in [0.25, 0.3) is 0 Å². The maximum atomic E-state index is 5.89. The third-order valence-corrected chi connectivity index (χ3v) is 5.47. The molecule has 0 radical (unpaired) electrons. The van der Waals surface area contributed by atoms with Crippen LogP contribution in [-0.2, 0) is 11.2 Å². The molecule has 1 aliphatic carbocycles. The standard InChI is InChI=1S/C12H20N2S2/c1-9(2)15-7-11-14-10(6-16-11)12(8-13)4-3-5-12/h6,9H,3-5,7-8,13H2,1-2H3. The van der Waals surface area contributed by atoms with E-state index in [2.05, 4.69) is 19.2 Å². The monoisotopic (exact) mass is 256 g/mol. The molecule has 90 valence electrons. The maximum absolute atomic E-state index is 5.89. The van der Waals surface area contributed by atoms with Crippen molar-refractivity contribution >= 4 is 23.1 Å². The lowest BCUT2D eigenvalue weighted by molar-refractivity contribution is 0.247. The van der Waals surface area contributed by atoms with Crippen LogP contribution in [0.4, 0.5) is 0 Å². The maximum Gasteiger partial charge on any atom is 0.103 e. The Balaban J connectivity index is 2.01. The second-order valence-corrected chi connectivity index (χ2v) is 7.33. The van der Waals surface area contributed by atoms with Gasteiger partial charge in [-0.15, -0.1) is 11.3 Å². The Bertz CT molecular complexity index is 337. The first-order valence-electron chi connectivity index (χ1n) is 5.93. The SMILES string of the molecule is CC(C)SCc1nc(C2(CN)CCC2)cs1. The second-order valence-electron chi connectivity index (χ2n) is 4.82. The molecule has 0 amide bonds. The molecule has 0 spiro atoms. The first kappa shape index (κ1) is 12.4. The van der Waals surface area contributed by atoms with Crippen molar-refractivity contribution in [3.05, 3.63) is 16.1 Å². The van der Waals surface area contributed by atoms with Gasteiger partial charge in [0, 0.05) is 23.1 Å². The lowest BCUT2D eigenvalue weighted by Gasteiger charge is -2.39. The molecule has 1 aliphatic rings. The zero-order valence-electron chi connectivity index (χ0n) is 10.0. The summed E-state index contributed by atoms with van der Waals surface area (Å²) in [6.45, 7) is 5.21. The number of thiazole rings is 1. The van der Waals surface area contributed by atoms with Crippen LogP contribution in [0.15, 0.2) is 5.38 Å². The molecule has 0 bridgehead atoms. The molecular formula is C12H20N2S2. The highest BCUT2D eigenvalue weighted by molar-refractivity contribution is 7.99. The average molecular weight is 256 g/mol. The van der Waals surface area contributed by atoms with E-state index in [1.807, 2.05) is 11.8 Å². The predicted molar refractivity (Wildman–Crippen MR) is 73.1 cm³/mol. The van der Waals surface area contributed by atoms with E-state index in [0.717, 1.165) is 12.3 Å². The van der Waals surface area contributed by atoms with Gasteiger partial charge < -0.3 is 5.73 Å². The summed E-state index contributed by atoms with van der Waals surface area (Å²) in [6.07, 6.45) is 3.76. The Kier molecular flexibility index (Phi) is 3.93. The topological polar surface area (TPSA) is 38.9 Å². The summed E-state index contributed by atoms with van der Waals surface area (Å²) in [6, 6.07) is 0. The molecule has 1 aromatic rings. The van der Waals surface area contributed by atoms with Crippen molar-refractivity contribution in [3.63, 3.8) is 0 Å². The minimum Gasteiger partial charge on any atom is -0.330 e. The molecular weight excluding hydrogens is 236 g/mol. The van der Waals surface area contributed by atoms with Gasteiger partial charge in [-0.05, 0) is 18.1 Å². The Morgan fingerprint density at radius 1 is 1.56 bits per heavy atom. The van der Waals surface area contributed by atoms with Gasteiger partial charge in [-0.2, -0.15) is 11.8 Å². The molecule has 0 aliphatic heterocycles. The molecule has 0 unspecified atom stereocenters. The highest BCUT2D eigenvalue weighted by atomic mass is 32.2. The minimum absolute atomic E-state index is 0.233. The van der Waals surface area contributed by atoms with Crippen LogP contribution in [0.25, 0.3) is 0 Å². The number of rotatable bonds is 5. The fraction of sp³-hybridized carbons (Fsp3) is 0.750. The van der Waals surface area contributed by atoms with Gasteiger partial charge in [-0.1, -0.05) is 20.3 Å². The summed E-state index contributed by atoms with van der Waals surface area (Å²) in [5.41, 5.74) is 7.38. The van der Waals surface area contributed by atoms with Gasteiger partial charge in [0.15, 0.2) is 0 Å². The number of nitrogens with two attached hydrogens (primary N) is 1. The van der Waals surface area contributed by atoms with Crippen LogP contribution < -0.4 is 5.73 Å². The van der Waals surface area contributed by atoms with Crippen LogP contribution in [0, 0.1) is 0 Å². The van der Waals surface area contributed by atoms with Gasteiger partial charge in [-0.25, -0.2) is 4.98 Å². The molecule has 2 nitrogen and oxygen atoms in total. The lowest BCUT2D eigenvalue weighted by Crippen LogP contribution is -2.41. The average Bonchev–Trinajstić information content (AvgIpc) is 2.63. The molecule has 2 N–H and O–H groups in total. The molecule has 4 heteroatoms. The van der Waals surface area contributed by atoms with E-state index >= 15 is 0 Å². The van der Waals surface area contributed by atoms with Crippen LogP contribution in [0.1, 0.15) is 43.8 Å². The van der Waals surface area contributed by atoms with Crippen molar-refractivity contribution in [1.82, 2.24) is 4.98 Å². The number of aromatic nitrogens is 1. The molecule has 2 rings (SSSR count). The first-order valence-corrected chi connectivity index (χ1v) is 7.86. The number of nitrogens with zero attached hydrogens (tertiary/aromatic N) is 1. The van der Waals surface area contributed by atoms with Crippen molar-refractivity contribution in [3.8, 4) is 0 Å². The molecule has 16 heavy (non-hydrogen) atoms. The Morgan fingerprint density at radius 2 is 2.31 bits per heavy atom. The van der Waals surface area contributed by atoms with E-state index in [9.17, 15) is 0 Å². The number of hydrogen-bond donors (Lipinski definition) is 1. The van der Waals surface area contributed by atoms with Crippen molar-refractivity contribution in [1.29, 1.82) is 0 Å². The summed E-state index contributed by atoms with van der Waals surface area (Å²) in [7, 11) is 0. The van der Waals surface area contributed by atoms with Gasteiger partial charge in [0.05, 0.1) is 5.69 Å². The van der Waals surface area contributed by atoms with Gasteiger partial charge in [-0.3, -0.25) is 0 Å². The third-order valence-electron chi connectivity index (χ3n) is 3.34. The van der Waals surface area contributed by atoms with Crippen LogP contribution in [-0.4, -0.2) is 16.8 Å². The predicted octanol–water partition coefficient (Wildman–Crippen LogP) is 3.17. The highest BCUT2D eigenvalue weighted by Gasteiger charge is 2.39. The quantitative estimate of drug-likeness (QED) is 0.879. The van der Waals surface area contributed by atoms with Gasteiger partial charge >= 0.3 is 0 Å². The van der Waals surface area contributed by atoms with Crippen LogP contribution in [0.3, 0.4) is 0 Å². The Hall–Kier alpha value is -0.0600. The zero-order chi connectivity index (χ0) is 11.6. The normalized spacial score (nSPS) is 18.8. The number of thioether (sulfide) groups is 1. The van der Waals surface area contributed by atoms with Gasteiger partial charge in [0.1, 0.15) is 5.01 Å². The minimum atomic E-state index is 0.233. The van der Waals surface area contributed by atoms with E-state index < -0.39 is 0 Å². The van der Waals surface area contributed by atoms with E-state index in [1.54, 1.807) is 11.3 Å². The lowest BCUT2D eigenvalue weighted by atomic mass is 9.67. The second kappa shape index (κ2) is 5.07. The molecule has 1 saturated carbocycles. The fourth-order valence-corrected chi connectivity index (χ4v) is 3.75. The Labute approximate surface area is 106 Å². The summed E-state index contributed by atoms with van der Waals surface area (Å²) in [5.74, 6) is 1.04. The van der Waals surface area contributed by atoms with Crippen molar-refractivity contribution in [2.45, 2.75) is 49.5 Å². The van der Waals surface area contributed by atoms with Crippen LogP contribution >= 0.6 is 23.1 Å². The van der Waals surface area contributed by atoms with E-state index in [0.29, 0.717) is 5.25 Å². The Morgan fingerprint density at radius 3 is 2.81 bits per heavy atom. The smallest absolute Gasteiger partial charge is 0.103 e. The molecule has 1 aromatic heterocycles. The van der Waals surface area contributed by atoms with E-state index in [4.69, 9.17) is 10.7 Å². The van der Waals surface area contributed by atoms with Crippen LogP contribution in [0.5, 0.6) is 0 Å². The van der Waals surface area contributed by atoms with Crippen molar-refractivity contribution in [2.75, 3.05) is 6.54 Å². The van der Waals surface area contributed by atoms with Crippen molar-refractivity contribution in [2.24, 2.45) is 5.73 Å². The number of hydrogen-bond acceptors (Lipinski definition) is 4. The van der Waals surface area contributed by atoms with Gasteiger partial charge in [0.2, 0.25) is 0 Å². The molecule has 0 saturated heterocycles. The first-order chi connectivity index (χ1) is 7.66. The van der Waals surface area contributed by atoms with E-state index in [-0.39, 0.29) is 5.41 Å². The molecule has 1 heterocycles. The summed E-state index contributed by atoms with van der Waals surface area (Å²) in [5, 5.41) is 4.16. The van der Waals surface area contributed by atoms with Crippen molar-refractivity contribution < 1.29 is 0 Å². The third kappa shape index (κ3) is 2.44. The van der Waals surface area contributed by atoms with E-state index in [1.165, 1.54) is 30.0 Å².